The summed E-state index contributed by atoms with van der Waals surface area (Å²) in [6, 6.07) is 0. The second-order valence-electron chi connectivity index (χ2n) is 5.83. The highest BCUT2D eigenvalue weighted by Gasteiger charge is 2.58. The highest BCUT2D eigenvalue weighted by molar-refractivity contribution is 7.80. The molecule has 0 aromatic carbocycles. The average molecular weight is 210 g/mol. The first kappa shape index (κ1) is 9.57. The first-order chi connectivity index (χ1) is 6.87. The van der Waals surface area contributed by atoms with E-state index in [9.17, 15) is 0 Å². The molecule has 3 saturated carbocycles. The van der Waals surface area contributed by atoms with Gasteiger partial charge in [0, 0.05) is 0 Å². The third-order valence-corrected chi connectivity index (χ3v) is 5.87. The molecule has 0 saturated heterocycles. The fourth-order valence-electron chi connectivity index (χ4n) is 5.16. The van der Waals surface area contributed by atoms with Gasteiger partial charge in [0.2, 0.25) is 0 Å². The summed E-state index contributed by atoms with van der Waals surface area (Å²) >= 11 is 4.39. The Morgan fingerprint density at radius 1 is 1.21 bits per heavy atom. The molecule has 0 radical (unpaired) electrons. The van der Waals surface area contributed by atoms with Gasteiger partial charge in [0.25, 0.3) is 0 Å². The summed E-state index contributed by atoms with van der Waals surface area (Å²) in [6.45, 7) is 0. The lowest BCUT2D eigenvalue weighted by molar-refractivity contribution is 0.0985. The summed E-state index contributed by atoms with van der Waals surface area (Å²) in [5, 5.41) is 0. The second kappa shape index (κ2) is 3.43. The summed E-state index contributed by atoms with van der Waals surface area (Å²) in [7, 11) is 0. The van der Waals surface area contributed by atoms with Gasteiger partial charge in [-0.05, 0) is 73.9 Å². The van der Waals surface area contributed by atoms with Crippen molar-refractivity contribution in [2.45, 2.75) is 51.4 Å². The lowest BCUT2D eigenvalue weighted by Crippen LogP contribution is -2.32. The van der Waals surface area contributed by atoms with Crippen LogP contribution in [0.1, 0.15) is 51.4 Å². The van der Waals surface area contributed by atoms with Crippen molar-refractivity contribution < 1.29 is 0 Å². The van der Waals surface area contributed by atoms with Crippen LogP contribution in [0.2, 0.25) is 0 Å². The van der Waals surface area contributed by atoms with Crippen molar-refractivity contribution in [3.05, 3.63) is 0 Å². The fourth-order valence-corrected chi connectivity index (χ4v) is 5.32. The Bertz CT molecular complexity index is 225. The highest BCUT2D eigenvalue weighted by atomic mass is 32.1. The summed E-state index contributed by atoms with van der Waals surface area (Å²) < 4.78 is 0. The molecule has 0 amide bonds. The number of hydrogen-bond donors (Lipinski definition) is 1. The molecule has 3 aliphatic carbocycles. The minimum absolute atomic E-state index is 0.825. The Morgan fingerprint density at radius 2 is 2.14 bits per heavy atom. The molecule has 80 valence electrons. The van der Waals surface area contributed by atoms with E-state index in [0.717, 1.165) is 28.9 Å². The highest BCUT2D eigenvalue weighted by Crippen LogP contribution is 2.67. The Labute approximate surface area is 93.3 Å². The minimum atomic E-state index is 0.825. The van der Waals surface area contributed by atoms with E-state index in [4.69, 9.17) is 0 Å². The first-order valence-electron chi connectivity index (χ1n) is 6.48. The standard InChI is InChI=1S/C13H22S/c14-8-2-7-13-6-1-3-12(13)10-4-5-11(13)9-10/h10-12,14H,1-9H2. The normalized spacial score (nSPS) is 49.9. The molecule has 0 spiro atoms. The van der Waals surface area contributed by atoms with Crippen LogP contribution in [0, 0.1) is 23.2 Å². The SMILES string of the molecule is SCCCC12CCCC1C1CCC2C1. The van der Waals surface area contributed by atoms with Crippen LogP contribution in [0.3, 0.4) is 0 Å². The van der Waals surface area contributed by atoms with Crippen molar-refractivity contribution in [3.8, 4) is 0 Å². The topological polar surface area (TPSA) is 0 Å². The molecule has 4 unspecified atom stereocenters. The fraction of sp³-hybridized carbons (Fsp3) is 1.00. The van der Waals surface area contributed by atoms with Gasteiger partial charge in [0.15, 0.2) is 0 Å². The molecule has 0 aliphatic heterocycles. The maximum atomic E-state index is 4.39. The lowest BCUT2D eigenvalue weighted by atomic mass is 9.65. The van der Waals surface area contributed by atoms with E-state index in [1.807, 2.05) is 0 Å². The van der Waals surface area contributed by atoms with Gasteiger partial charge < -0.3 is 0 Å². The Balaban J connectivity index is 1.81. The van der Waals surface area contributed by atoms with Crippen LogP contribution in [-0.2, 0) is 0 Å². The minimum Gasteiger partial charge on any atom is -0.179 e. The molecule has 0 nitrogen and oxygen atoms in total. The van der Waals surface area contributed by atoms with E-state index in [1.165, 1.54) is 19.3 Å². The Kier molecular flexibility index (Phi) is 2.35. The molecule has 0 heterocycles. The van der Waals surface area contributed by atoms with Crippen LogP contribution < -0.4 is 0 Å². The smallest absolute Gasteiger partial charge is 0.00977 e. The maximum Gasteiger partial charge on any atom is -0.00977 e. The van der Waals surface area contributed by atoms with Crippen LogP contribution in [-0.4, -0.2) is 5.75 Å². The molecule has 2 bridgehead atoms. The van der Waals surface area contributed by atoms with Gasteiger partial charge in [-0.2, -0.15) is 12.6 Å². The van der Waals surface area contributed by atoms with Crippen LogP contribution in [0.25, 0.3) is 0 Å². The first-order valence-corrected chi connectivity index (χ1v) is 7.11. The van der Waals surface area contributed by atoms with Crippen molar-refractivity contribution in [1.82, 2.24) is 0 Å². The van der Waals surface area contributed by atoms with Gasteiger partial charge in [-0.3, -0.25) is 0 Å². The number of rotatable bonds is 3. The Morgan fingerprint density at radius 3 is 3.00 bits per heavy atom. The second-order valence-corrected chi connectivity index (χ2v) is 6.28. The monoisotopic (exact) mass is 210 g/mol. The molecule has 1 heteroatoms. The molecule has 14 heavy (non-hydrogen) atoms. The summed E-state index contributed by atoms with van der Waals surface area (Å²) in [6.07, 6.45) is 12.2. The van der Waals surface area contributed by atoms with Crippen LogP contribution in [0.15, 0.2) is 0 Å². The van der Waals surface area contributed by atoms with Crippen molar-refractivity contribution >= 4 is 12.6 Å². The van der Waals surface area contributed by atoms with Crippen LogP contribution in [0.4, 0.5) is 0 Å². The molecule has 3 fully saturated rings. The molecule has 3 rings (SSSR count). The summed E-state index contributed by atoms with van der Waals surface area (Å²) in [4.78, 5) is 0. The van der Waals surface area contributed by atoms with Crippen LogP contribution >= 0.6 is 12.6 Å². The summed E-state index contributed by atoms with van der Waals surface area (Å²) in [5.41, 5.74) is 0.825. The zero-order valence-electron chi connectivity index (χ0n) is 9.04. The van der Waals surface area contributed by atoms with Gasteiger partial charge in [-0.1, -0.05) is 6.42 Å². The molecular weight excluding hydrogens is 188 g/mol. The predicted molar refractivity (Wildman–Crippen MR) is 63.7 cm³/mol. The van der Waals surface area contributed by atoms with Gasteiger partial charge in [0.1, 0.15) is 0 Å². The van der Waals surface area contributed by atoms with E-state index in [0.29, 0.717) is 0 Å². The number of hydrogen-bond acceptors (Lipinski definition) is 1. The average Bonchev–Trinajstić information content (AvgIpc) is 2.86. The molecule has 0 aromatic heterocycles. The van der Waals surface area contributed by atoms with Gasteiger partial charge in [-0.15, -0.1) is 0 Å². The van der Waals surface area contributed by atoms with Crippen molar-refractivity contribution in [1.29, 1.82) is 0 Å². The van der Waals surface area contributed by atoms with Crippen LogP contribution in [0.5, 0.6) is 0 Å². The lowest BCUT2D eigenvalue weighted by Gasteiger charge is -2.39. The third-order valence-electron chi connectivity index (χ3n) is 5.55. The quantitative estimate of drug-likeness (QED) is 0.671. The maximum absolute atomic E-state index is 4.39. The molecule has 4 atom stereocenters. The molecule has 0 aromatic rings. The van der Waals surface area contributed by atoms with Crippen molar-refractivity contribution in [2.24, 2.45) is 23.2 Å². The van der Waals surface area contributed by atoms with Crippen molar-refractivity contribution in [2.75, 3.05) is 5.75 Å². The summed E-state index contributed by atoms with van der Waals surface area (Å²) in [5.74, 6) is 4.51. The van der Waals surface area contributed by atoms with Gasteiger partial charge in [0.05, 0.1) is 0 Å². The Hall–Kier alpha value is 0.350. The van der Waals surface area contributed by atoms with Crippen molar-refractivity contribution in [3.63, 3.8) is 0 Å². The molecular formula is C13H22S. The largest absolute Gasteiger partial charge is 0.179 e. The number of thiol groups is 1. The predicted octanol–water partition coefficient (Wildman–Crippen LogP) is 3.91. The van der Waals surface area contributed by atoms with Gasteiger partial charge in [-0.25, -0.2) is 0 Å². The molecule has 0 N–H and O–H groups in total. The van der Waals surface area contributed by atoms with Gasteiger partial charge >= 0.3 is 0 Å². The zero-order chi connectivity index (χ0) is 9.60. The van der Waals surface area contributed by atoms with E-state index in [1.54, 1.807) is 32.1 Å². The van der Waals surface area contributed by atoms with E-state index in [-0.39, 0.29) is 0 Å². The van der Waals surface area contributed by atoms with E-state index in [2.05, 4.69) is 12.6 Å². The zero-order valence-corrected chi connectivity index (χ0v) is 9.94. The molecule has 3 aliphatic rings. The van der Waals surface area contributed by atoms with E-state index < -0.39 is 0 Å². The third kappa shape index (κ3) is 1.14. The number of fused-ring (bicyclic) bond motifs is 5. The van der Waals surface area contributed by atoms with E-state index >= 15 is 0 Å².